The average Bonchev–Trinajstić information content (AvgIpc) is 2.64. The van der Waals surface area contributed by atoms with Gasteiger partial charge >= 0.3 is 0 Å². The Labute approximate surface area is 111 Å². The Morgan fingerprint density at radius 3 is 2.35 bits per heavy atom. The van der Waals surface area contributed by atoms with Crippen LogP contribution in [-0.2, 0) is 5.41 Å². The van der Waals surface area contributed by atoms with E-state index in [0.29, 0.717) is 0 Å². The number of anilines is 1. The largest absolute Gasteiger partial charge is 0.398 e. The van der Waals surface area contributed by atoms with Crippen molar-refractivity contribution in [2.45, 2.75) is 26.2 Å². The molecule has 0 fully saturated rings. The van der Waals surface area contributed by atoms with Gasteiger partial charge in [0, 0.05) is 10.6 Å². The number of nitrogens with two attached hydrogens (primary N) is 1. The van der Waals surface area contributed by atoms with Crippen molar-refractivity contribution >= 4 is 28.6 Å². The topological polar surface area (TPSA) is 26.0 Å². The third-order valence-electron chi connectivity index (χ3n) is 2.72. The predicted molar refractivity (Wildman–Crippen MR) is 77.9 cm³/mol. The molecule has 0 spiro atoms. The minimum absolute atomic E-state index is 0.0567. The Kier molecular flexibility index (Phi) is 3.19. The molecule has 0 atom stereocenters. The third-order valence-corrected chi connectivity index (χ3v) is 4.00. The number of benzene rings is 1. The van der Waals surface area contributed by atoms with Crippen molar-refractivity contribution in [2.24, 2.45) is 0 Å². The van der Waals surface area contributed by atoms with E-state index in [4.69, 9.17) is 17.3 Å². The van der Waals surface area contributed by atoms with Crippen molar-refractivity contribution < 1.29 is 0 Å². The maximum absolute atomic E-state index is 6.04. The molecule has 90 valence electrons. The molecule has 1 aromatic carbocycles. The van der Waals surface area contributed by atoms with Crippen molar-refractivity contribution in [2.75, 3.05) is 5.73 Å². The number of hydrogen-bond acceptors (Lipinski definition) is 2. The van der Waals surface area contributed by atoms with Gasteiger partial charge in [-0.3, -0.25) is 0 Å². The molecule has 0 bridgehead atoms. The first-order valence-electron chi connectivity index (χ1n) is 5.53. The van der Waals surface area contributed by atoms with Gasteiger partial charge in [0.1, 0.15) is 0 Å². The molecule has 0 unspecified atom stereocenters. The zero-order valence-corrected chi connectivity index (χ0v) is 11.8. The van der Waals surface area contributed by atoms with Gasteiger partial charge in [0.05, 0.1) is 4.34 Å². The Balaban J connectivity index is 2.51. The zero-order chi connectivity index (χ0) is 12.6. The highest BCUT2D eigenvalue weighted by Gasteiger charge is 2.17. The summed E-state index contributed by atoms with van der Waals surface area (Å²) in [7, 11) is 0. The monoisotopic (exact) mass is 265 g/mol. The van der Waals surface area contributed by atoms with Crippen molar-refractivity contribution in [1.29, 1.82) is 0 Å². The summed E-state index contributed by atoms with van der Waals surface area (Å²) in [5, 5.41) is 0. The molecule has 1 nitrogen and oxygen atoms in total. The van der Waals surface area contributed by atoms with Crippen molar-refractivity contribution in [1.82, 2.24) is 0 Å². The van der Waals surface area contributed by atoms with Crippen LogP contribution in [0.2, 0.25) is 4.34 Å². The molecule has 2 N–H and O–H groups in total. The molecule has 17 heavy (non-hydrogen) atoms. The first-order valence-corrected chi connectivity index (χ1v) is 6.73. The molecule has 0 saturated carbocycles. The molecule has 2 rings (SSSR count). The first-order chi connectivity index (χ1) is 7.88. The van der Waals surface area contributed by atoms with Crippen LogP contribution in [0.4, 0.5) is 5.69 Å². The van der Waals surface area contributed by atoms with E-state index in [2.05, 4.69) is 26.8 Å². The lowest BCUT2D eigenvalue weighted by Gasteiger charge is -2.22. The van der Waals surface area contributed by atoms with Gasteiger partial charge in [-0.1, -0.05) is 38.4 Å². The normalized spacial score (nSPS) is 11.8. The van der Waals surface area contributed by atoms with E-state index in [-0.39, 0.29) is 5.41 Å². The lowest BCUT2D eigenvalue weighted by Crippen LogP contribution is -2.13. The van der Waals surface area contributed by atoms with E-state index < -0.39 is 0 Å². The van der Waals surface area contributed by atoms with Crippen LogP contribution in [0.5, 0.6) is 0 Å². The van der Waals surface area contributed by atoms with Crippen LogP contribution >= 0.6 is 22.9 Å². The number of rotatable bonds is 1. The predicted octanol–water partition coefficient (Wildman–Crippen LogP) is 4.95. The minimum Gasteiger partial charge on any atom is -0.398 e. The van der Waals surface area contributed by atoms with E-state index >= 15 is 0 Å². The summed E-state index contributed by atoms with van der Waals surface area (Å²) in [6.07, 6.45) is 0. The molecule has 0 amide bonds. The van der Waals surface area contributed by atoms with E-state index in [1.165, 1.54) is 16.0 Å². The summed E-state index contributed by atoms with van der Waals surface area (Å²) in [6, 6.07) is 10.2. The SMILES string of the molecule is CC(C)(C)c1cc(-c2ccc(Cl)s2)ccc1N. The lowest BCUT2D eigenvalue weighted by molar-refractivity contribution is 0.593. The van der Waals surface area contributed by atoms with Gasteiger partial charge in [-0.2, -0.15) is 0 Å². The van der Waals surface area contributed by atoms with Crippen LogP contribution in [0.15, 0.2) is 30.3 Å². The number of hydrogen-bond donors (Lipinski definition) is 1. The Hall–Kier alpha value is -0.990. The summed E-state index contributed by atoms with van der Waals surface area (Å²) in [6.45, 7) is 6.51. The molecule has 3 heteroatoms. The second-order valence-electron chi connectivity index (χ2n) is 5.16. The smallest absolute Gasteiger partial charge is 0.0934 e. The molecule has 0 aliphatic carbocycles. The minimum atomic E-state index is 0.0567. The quantitative estimate of drug-likeness (QED) is 0.726. The summed E-state index contributed by atoms with van der Waals surface area (Å²) in [5.41, 5.74) is 9.31. The molecule has 0 saturated heterocycles. The summed E-state index contributed by atoms with van der Waals surface area (Å²) >= 11 is 7.56. The zero-order valence-electron chi connectivity index (χ0n) is 10.3. The van der Waals surface area contributed by atoms with Gasteiger partial charge in [-0.25, -0.2) is 0 Å². The number of nitrogen functional groups attached to an aromatic ring is 1. The summed E-state index contributed by atoms with van der Waals surface area (Å²) in [4.78, 5) is 1.18. The van der Waals surface area contributed by atoms with Crippen LogP contribution in [0.25, 0.3) is 10.4 Å². The third kappa shape index (κ3) is 2.64. The van der Waals surface area contributed by atoms with Gasteiger partial charge in [0.25, 0.3) is 0 Å². The highest BCUT2D eigenvalue weighted by Crippen LogP contribution is 2.35. The second kappa shape index (κ2) is 4.35. The van der Waals surface area contributed by atoms with Crippen LogP contribution in [0.3, 0.4) is 0 Å². The average molecular weight is 266 g/mol. The Morgan fingerprint density at radius 1 is 1.12 bits per heavy atom. The van der Waals surface area contributed by atoms with Gasteiger partial charge in [0.2, 0.25) is 0 Å². The van der Waals surface area contributed by atoms with Gasteiger partial charge in [-0.05, 0) is 40.8 Å². The lowest BCUT2D eigenvalue weighted by atomic mass is 9.85. The fourth-order valence-corrected chi connectivity index (χ4v) is 2.87. The van der Waals surface area contributed by atoms with Gasteiger partial charge < -0.3 is 5.73 Å². The van der Waals surface area contributed by atoms with E-state index in [1.807, 2.05) is 24.3 Å². The maximum atomic E-state index is 6.04. The Morgan fingerprint density at radius 2 is 1.82 bits per heavy atom. The summed E-state index contributed by atoms with van der Waals surface area (Å²) in [5.74, 6) is 0. The highest BCUT2D eigenvalue weighted by molar-refractivity contribution is 7.19. The molecule has 0 radical (unpaired) electrons. The maximum Gasteiger partial charge on any atom is 0.0934 e. The fraction of sp³-hybridized carbons (Fsp3) is 0.286. The van der Waals surface area contributed by atoms with Crippen molar-refractivity contribution in [3.63, 3.8) is 0 Å². The molecular weight excluding hydrogens is 250 g/mol. The van der Waals surface area contributed by atoms with Crippen LogP contribution in [-0.4, -0.2) is 0 Å². The molecule has 0 aliphatic heterocycles. The molecule has 1 heterocycles. The van der Waals surface area contributed by atoms with Crippen LogP contribution in [0.1, 0.15) is 26.3 Å². The molecule has 2 aromatic rings. The van der Waals surface area contributed by atoms with E-state index in [0.717, 1.165) is 10.0 Å². The van der Waals surface area contributed by atoms with E-state index in [9.17, 15) is 0 Å². The van der Waals surface area contributed by atoms with Gasteiger partial charge in [-0.15, -0.1) is 11.3 Å². The summed E-state index contributed by atoms with van der Waals surface area (Å²) < 4.78 is 0.814. The molecular formula is C14H16ClNS. The molecule has 1 aromatic heterocycles. The first kappa shape index (κ1) is 12.5. The van der Waals surface area contributed by atoms with Crippen LogP contribution in [0, 0.1) is 0 Å². The highest BCUT2D eigenvalue weighted by atomic mass is 35.5. The van der Waals surface area contributed by atoms with Gasteiger partial charge in [0.15, 0.2) is 0 Å². The van der Waals surface area contributed by atoms with Crippen molar-refractivity contribution in [3.05, 3.63) is 40.2 Å². The fourth-order valence-electron chi connectivity index (χ4n) is 1.83. The number of thiophene rings is 1. The molecule has 0 aliphatic rings. The number of halogens is 1. The van der Waals surface area contributed by atoms with E-state index in [1.54, 1.807) is 11.3 Å². The Bertz CT molecular complexity index is 537. The van der Waals surface area contributed by atoms with Crippen LogP contribution < -0.4 is 5.73 Å². The second-order valence-corrected chi connectivity index (χ2v) is 6.87. The van der Waals surface area contributed by atoms with Crippen molar-refractivity contribution in [3.8, 4) is 10.4 Å². The standard InChI is InChI=1S/C14H16ClNS/c1-14(2,3)10-8-9(4-5-11(10)16)12-6-7-13(15)17-12/h4-8H,16H2,1-3H3.